The van der Waals surface area contributed by atoms with Gasteiger partial charge < -0.3 is 10.4 Å². The van der Waals surface area contributed by atoms with Gasteiger partial charge in [-0.05, 0) is 28.1 Å². The van der Waals surface area contributed by atoms with Crippen LogP contribution in [0.2, 0.25) is 0 Å². The minimum absolute atomic E-state index is 0.0776. The largest absolute Gasteiger partial charge is 0.481 e. The highest BCUT2D eigenvalue weighted by Crippen LogP contribution is 2.22. The Balaban J connectivity index is 1.94. The molecule has 1 atom stereocenters. The molecule has 2 N–H and O–H groups in total. The van der Waals surface area contributed by atoms with Crippen LogP contribution >= 0.6 is 27.7 Å². The molecule has 7 heteroatoms. The Morgan fingerprint density at radius 3 is 2.90 bits per heavy atom. The zero-order chi connectivity index (χ0) is 15.2. The molecule has 1 aromatic rings. The first-order valence-corrected chi connectivity index (χ1v) is 8.59. The summed E-state index contributed by atoms with van der Waals surface area (Å²) >= 11 is 5.12. The first-order chi connectivity index (χ1) is 10.1. The smallest absolute Gasteiger partial charge is 0.304 e. The molecule has 21 heavy (non-hydrogen) atoms. The van der Waals surface area contributed by atoms with E-state index in [0.717, 1.165) is 28.2 Å². The average Bonchev–Trinajstić information content (AvgIpc) is 2.43. The van der Waals surface area contributed by atoms with Crippen LogP contribution in [0.3, 0.4) is 0 Å². The maximum Gasteiger partial charge on any atom is 0.304 e. The summed E-state index contributed by atoms with van der Waals surface area (Å²) in [5.74, 6) is 0.746. The molecule has 2 rings (SSSR count). The van der Waals surface area contributed by atoms with Gasteiger partial charge >= 0.3 is 5.97 Å². The van der Waals surface area contributed by atoms with Crippen LogP contribution in [0, 0.1) is 0 Å². The molecule has 1 heterocycles. The van der Waals surface area contributed by atoms with Crippen LogP contribution in [0.1, 0.15) is 6.42 Å². The molecule has 1 amide bonds. The van der Waals surface area contributed by atoms with Gasteiger partial charge in [0.15, 0.2) is 0 Å². The fourth-order valence-electron chi connectivity index (χ4n) is 2.22. The van der Waals surface area contributed by atoms with E-state index in [4.69, 9.17) is 5.11 Å². The minimum Gasteiger partial charge on any atom is -0.481 e. The fraction of sp³-hybridized carbons (Fsp3) is 0.429. The number of thioether (sulfide) groups is 1. The molecule has 1 aliphatic rings. The number of amides is 1. The molecule has 1 fully saturated rings. The van der Waals surface area contributed by atoms with Crippen molar-refractivity contribution in [1.82, 2.24) is 4.90 Å². The number of anilines is 1. The molecule has 0 aromatic heterocycles. The molecule has 0 aliphatic carbocycles. The summed E-state index contributed by atoms with van der Waals surface area (Å²) in [7, 11) is 0. The van der Waals surface area contributed by atoms with Crippen LogP contribution in [0.25, 0.3) is 0 Å². The monoisotopic (exact) mass is 372 g/mol. The van der Waals surface area contributed by atoms with Crippen LogP contribution in [0.5, 0.6) is 0 Å². The van der Waals surface area contributed by atoms with Gasteiger partial charge in [-0.2, -0.15) is 11.8 Å². The summed E-state index contributed by atoms with van der Waals surface area (Å²) in [4.78, 5) is 25.0. The second-order valence-corrected chi connectivity index (χ2v) is 6.83. The molecule has 1 aliphatic heterocycles. The maximum absolute atomic E-state index is 12.1. The third kappa shape index (κ3) is 5.01. The lowest BCUT2D eigenvalue weighted by atomic mass is 10.2. The molecule has 1 unspecified atom stereocenters. The summed E-state index contributed by atoms with van der Waals surface area (Å²) in [6, 6.07) is 7.34. The van der Waals surface area contributed by atoms with Gasteiger partial charge in [-0.15, -0.1) is 0 Å². The Morgan fingerprint density at radius 1 is 1.43 bits per heavy atom. The van der Waals surface area contributed by atoms with Crippen molar-refractivity contribution in [2.45, 2.75) is 12.5 Å². The molecule has 5 nitrogen and oxygen atoms in total. The number of hydrogen-bond acceptors (Lipinski definition) is 4. The van der Waals surface area contributed by atoms with E-state index in [2.05, 4.69) is 21.2 Å². The van der Waals surface area contributed by atoms with Crippen molar-refractivity contribution in [3.05, 3.63) is 28.7 Å². The molecular formula is C14H17BrN2O3S. The molecule has 0 saturated carbocycles. The fourth-order valence-corrected chi connectivity index (χ4v) is 3.74. The number of aliphatic carboxylic acids is 1. The van der Waals surface area contributed by atoms with Crippen LogP contribution in [-0.2, 0) is 9.59 Å². The number of carboxylic acids is 1. The van der Waals surface area contributed by atoms with Crippen molar-refractivity contribution in [2.24, 2.45) is 0 Å². The number of carbonyl (C=O) groups excluding carboxylic acids is 1. The Labute approximate surface area is 136 Å². The Kier molecular flexibility index (Phi) is 6.08. The van der Waals surface area contributed by atoms with Gasteiger partial charge in [-0.3, -0.25) is 14.5 Å². The lowest BCUT2D eigenvalue weighted by Gasteiger charge is -2.33. The molecule has 0 spiro atoms. The normalized spacial score (nSPS) is 19.2. The van der Waals surface area contributed by atoms with Gasteiger partial charge in [0.25, 0.3) is 0 Å². The average molecular weight is 373 g/mol. The highest BCUT2D eigenvalue weighted by molar-refractivity contribution is 9.10. The number of halogens is 1. The first kappa shape index (κ1) is 16.3. The summed E-state index contributed by atoms with van der Waals surface area (Å²) in [5.41, 5.74) is 0.726. The molecule has 114 valence electrons. The van der Waals surface area contributed by atoms with Gasteiger partial charge in [0, 0.05) is 28.6 Å². The number of para-hydroxylation sites is 1. The van der Waals surface area contributed by atoms with E-state index >= 15 is 0 Å². The molecule has 0 radical (unpaired) electrons. The topological polar surface area (TPSA) is 69.6 Å². The van der Waals surface area contributed by atoms with E-state index in [0.29, 0.717) is 0 Å². The highest BCUT2D eigenvalue weighted by Gasteiger charge is 2.26. The van der Waals surface area contributed by atoms with E-state index in [1.54, 1.807) is 11.8 Å². The van der Waals surface area contributed by atoms with Gasteiger partial charge in [0.1, 0.15) is 0 Å². The van der Waals surface area contributed by atoms with Crippen molar-refractivity contribution >= 4 is 45.3 Å². The van der Waals surface area contributed by atoms with E-state index in [1.807, 2.05) is 29.2 Å². The van der Waals surface area contributed by atoms with Gasteiger partial charge in [0.05, 0.1) is 18.7 Å². The summed E-state index contributed by atoms with van der Waals surface area (Å²) < 4.78 is 0.828. The highest BCUT2D eigenvalue weighted by atomic mass is 79.9. The standard InChI is InChI=1S/C14H17BrN2O3S/c15-11-3-1-2-4-12(11)16-13(18)8-17-5-6-21-9-10(17)7-14(19)20/h1-4,10H,5-9H2,(H,16,18)(H,19,20). The SMILES string of the molecule is O=C(O)CC1CSCCN1CC(=O)Nc1ccccc1Br. The number of nitrogens with zero attached hydrogens (tertiary/aromatic N) is 1. The number of carboxylic acid groups (broad SMARTS) is 1. The van der Waals surface area contributed by atoms with Crippen molar-refractivity contribution < 1.29 is 14.7 Å². The molecule has 0 bridgehead atoms. The summed E-state index contributed by atoms with van der Waals surface area (Å²) in [6.07, 6.45) is 0.0787. The van der Waals surface area contributed by atoms with Gasteiger partial charge in [-0.1, -0.05) is 12.1 Å². The number of carbonyl (C=O) groups is 2. The Bertz CT molecular complexity index is 527. The maximum atomic E-state index is 12.1. The number of rotatable bonds is 5. The van der Waals surface area contributed by atoms with Crippen LogP contribution < -0.4 is 5.32 Å². The zero-order valence-corrected chi connectivity index (χ0v) is 13.8. The van der Waals surface area contributed by atoms with Crippen LogP contribution in [0.4, 0.5) is 5.69 Å². The van der Waals surface area contributed by atoms with Crippen molar-refractivity contribution in [3.8, 4) is 0 Å². The van der Waals surface area contributed by atoms with E-state index in [-0.39, 0.29) is 24.9 Å². The van der Waals surface area contributed by atoms with Crippen molar-refractivity contribution in [3.63, 3.8) is 0 Å². The summed E-state index contributed by atoms with van der Waals surface area (Å²) in [6.45, 7) is 0.964. The van der Waals surface area contributed by atoms with Crippen molar-refractivity contribution in [2.75, 3.05) is 29.9 Å². The third-order valence-electron chi connectivity index (χ3n) is 3.25. The predicted molar refractivity (Wildman–Crippen MR) is 87.7 cm³/mol. The lowest BCUT2D eigenvalue weighted by Crippen LogP contribution is -2.47. The Morgan fingerprint density at radius 2 is 2.19 bits per heavy atom. The van der Waals surface area contributed by atoms with Gasteiger partial charge in [0.2, 0.25) is 5.91 Å². The summed E-state index contributed by atoms with van der Waals surface area (Å²) in [5, 5.41) is 11.8. The second-order valence-electron chi connectivity index (χ2n) is 4.83. The van der Waals surface area contributed by atoms with E-state index < -0.39 is 5.97 Å². The first-order valence-electron chi connectivity index (χ1n) is 6.64. The second kappa shape index (κ2) is 7.82. The van der Waals surface area contributed by atoms with E-state index in [1.165, 1.54) is 0 Å². The van der Waals surface area contributed by atoms with E-state index in [9.17, 15) is 9.59 Å². The number of nitrogens with one attached hydrogen (secondary N) is 1. The third-order valence-corrected chi connectivity index (χ3v) is 5.04. The Hall–Kier alpha value is -1.05. The van der Waals surface area contributed by atoms with Crippen LogP contribution in [-0.4, -0.2) is 52.5 Å². The van der Waals surface area contributed by atoms with Crippen molar-refractivity contribution in [1.29, 1.82) is 0 Å². The number of hydrogen-bond donors (Lipinski definition) is 2. The number of benzene rings is 1. The molecular weight excluding hydrogens is 356 g/mol. The lowest BCUT2D eigenvalue weighted by molar-refractivity contribution is -0.138. The molecule has 1 aromatic carbocycles. The predicted octanol–water partition coefficient (Wildman–Crippen LogP) is 2.28. The quantitative estimate of drug-likeness (QED) is 0.829. The zero-order valence-electron chi connectivity index (χ0n) is 11.4. The van der Waals surface area contributed by atoms with Crippen LogP contribution in [0.15, 0.2) is 28.7 Å². The van der Waals surface area contributed by atoms with Gasteiger partial charge in [-0.25, -0.2) is 0 Å². The minimum atomic E-state index is -0.821. The molecule has 1 saturated heterocycles.